The number of rotatable bonds is 6. The molecule has 0 spiro atoms. The molecule has 1 aliphatic rings. The van der Waals surface area contributed by atoms with Crippen LogP contribution in [-0.4, -0.2) is 43.1 Å². The molecule has 1 aromatic rings. The van der Waals surface area contributed by atoms with Gasteiger partial charge in [0.25, 0.3) is 0 Å². The lowest BCUT2D eigenvalue weighted by Crippen LogP contribution is -2.42. The van der Waals surface area contributed by atoms with Gasteiger partial charge in [-0.2, -0.15) is 8.78 Å². The number of likely N-dealkylation sites (tertiary alicyclic amines) is 1. The fourth-order valence-corrected chi connectivity index (χ4v) is 2.69. The molecule has 1 amide bonds. The van der Waals surface area contributed by atoms with E-state index in [-0.39, 0.29) is 23.1 Å². The maximum atomic E-state index is 12.3. The molecule has 7 heteroatoms. The number of hydrogen-bond acceptors (Lipinski definition) is 4. The Kier molecular flexibility index (Phi) is 5.54. The highest BCUT2D eigenvalue weighted by atomic mass is 19.3. The van der Waals surface area contributed by atoms with Crippen molar-refractivity contribution in [3.8, 4) is 5.75 Å². The minimum atomic E-state index is -2.86. The van der Waals surface area contributed by atoms with E-state index >= 15 is 0 Å². The summed E-state index contributed by atoms with van der Waals surface area (Å²) >= 11 is 0. The third-order valence-corrected chi connectivity index (χ3v) is 4.35. The van der Waals surface area contributed by atoms with Crippen molar-refractivity contribution in [2.45, 2.75) is 32.9 Å². The van der Waals surface area contributed by atoms with E-state index in [4.69, 9.17) is 5.73 Å². The minimum absolute atomic E-state index is 0.0583. The Balaban J connectivity index is 1.91. The van der Waals surface area contributed by atoms with Crippen molar-refractivity contribution < 1.29 is 18.3 Å². The molecule has 23 heavy (non-hydrogen) atoms. The fraction of sp³-hybridized carbons (Fsp3) is 0.562. The van der Waals surface area contributed by atoms with E-state index in [1.165, 1.54) is 24.3 Å². The van der Waals surface area contributed by atoms with Crippen molar-refractivity contribution in [2.75, 3.05) is 25.0 Å². The van der Waals surface area contributed by atoms with Gasteiger partial charge in [-0.05, 0) is 56.1 Å². The predicted octanol–water partition coefficient (Wildman–Crippen LogP) is 2.29. The lowest BCUT2D eigenvalue weighted by molar-refractivity contribution is -0.120. The van der Waals surface area contributed by atoms with E-state index < -0.39 is 6.61 Å². The number of alkyl halides is 2. The Morgan fingerprint density at radius 2 is 2.09 bits per heavy atom. The summed E-state index contributed by atoms with van der Waals surface area (Å²) in [5, 5.41) is 2.79. The van der Waals surface area contributed by atoms with Crippen LogP contribution in [0.2, 0.25) is 0 Å². The molecule has 1 heterocycles. The highest BCUT2D eigenvalue weighted by Gasteiger charge is 2.36. The molecule has 2 rings (SSSR count). The summed E-state index contributed by atoms with van der Waals surface area (Å²) in [7, 11) is 0. The van der Waals surface area contributed by atoms with Gasteiger partial charge in [-0.3, -0.25) is 9.69 Å². The molecule has 2 unspecified atom stereocenters. The second-order valence-corrected chi connectivity index (χ2v) is 6.30. The second kappa shape index (κ2) is 7.23. The standard InChI is InChI=1S/C16H23F2N3O2/c1-11(21-8-7-16(2,9-19)10-21)14(22)20-12-3-5-13(6-4-12)23-15(17)18/h3-6,11,15H,7-10,19H2,1-2H3,(H,20,22). The van der Waals surface area contributed by atoms with Gasteiger partial charge in [-0.15, -0.1) is 0 Å². The number of nitrogens with two attached hydrogens (primary N) is 1. The number of benzene rings is 1. The highest BCUT2D eigenvalue weighted by Crippen LogP contribution is 2.30. The fourth-order valence-electron chi connectivity index (χ4n) is 2.69. The number of nitrogens with zero attached hydrogens (tertiary/aromatic N) is 1. The molecule has 0 aromatic heterocycles. The Bertz CT molecular complexity index is 539. The van der Waals surface area contributed by atoms with Crippen LogP contribution in [0.3, 0.4) is 0 Å². The molecule has 1 saturated heterocycles. The van der Waals surface area contributed by atoms with Gasteiger partial charge in [0.2, 0.25) is 5.91 Å². The number of carbonyl (C=O) groups is 1. The maximum Gasteiger partial charge on any atom is 0.387 e. The van der Waals surface area contributed by atoms with Crippen LogP contribution in [0.1, 0.15) is 20.3 Å². The maximum absolute atomic E-state index is 12.3. The van der Waals surface area contributed by atoms with Crippen LogP contribution in [0.15, 0.2) is 24.3 Å². The monoisotopic (exact) mass is 327 g/mol. The van der Waals surface area contributed by atoms with Crippen LogP contribution < -0.4 is 15.8 Å². The number of anilines is 1. The molecule has 1 aliphatic heterocycles. The number of carbonyl (C=O) groups excluding carboxylic acids is 1. The van der Waals surface area contributed by atoms with Gasteiger partial charge < -0.3 is 15.8 Å². The molecule has 0 radical (unpaired) electrons. The van der Waals surface area contributed by atoms with Crippen molar-refractivity contribution in [3.05, 3.63) is 24.3 Å². The van der Waals surface area contributed by atoms with Gasteiger partial charge in [-0.25, -0.2) is 0 Å². The van der Waals surface area contributed by atoms with Crippen LogP contribution in [0.5, 0.6) is 5.75 Å². The van der Waals surface area contributed by atoms with Crippen molar-refractivity contribution in [1.29, 1.82) is 0 Å². The molecule has 5 nitrogen and oxygen atoms in total. The summed E-state index contributed by atoms with van der Waals surface area (Å²) in [6.07, 6.45) is 0.973. The third-order valence-electron chi connectivity index (χ3n) is 4.35. The van der Waals surface area contributed by atoms with Crippen LogP contribution >= 0.6 is 0 Å². The van der Waals surface area contributed by atoms with Crippen molar-refractivity contribution in [1.82, 2.24) is 4.90 Å². The Morgan fingerprint density at radius 1 is 1.43 bits per heavy atom. The Hall–Kier alpha value is -1.73. The SMILES string of the molecule is CC(C(=O)Nc1ccc(OC(F)F)cc1)N1CCC(C)(CN)C1. The smallest absolute Gasteiger partial charge is 0.387 e. The first-order chi connectivity index (χ1) is 10.8. The van der Waals surface area contributed by atoms with E-state index in [2.05, 4.69) is 21.9 Å². The zero-order valence-electron chi connectivity index (χ0n) is 13.4. The van der Waals surface area contributed by atoms with Crippen molar-refractivity contribution in [3.63, 3.8) is 0 Å². The average Bonchev–Trinajstić information content (AvgIpc) is 2.91. The first-order valence-electron chi connectivity index (χ1n) is 7.63. The number of hydrogen-bond donors (Lipinski definition) is 2. The van der Waals surface area contributed by atoms with Crippen LogP contribution in [0.4, 0.5) is 14.5 Å². The number of ether oxygens (including phenoxy) is 1. The quantitative estimate of drug-likeness (QED) is 0.841. The molecule has 128 valence electrons. The van der Waals surface area contributed by atoms with Gasteiger partial charge in [0, 0.05) is 12.2 Å². The molecule has 3 N–H and O–H groups in total. The normalized spacial score (nSPS) is 23.0. The zero-order chi connectivity index (χ0) is 17.0. The summed E-state index contributed by atoms with van der Waals surface area (Å²) in [4.78, 5) is 14.4. The largest absolute Gasteiger partial charge is 0.435 e. The molecule has 0 aliphatic carbocycles. The van der Waals surface area contributed by atoms with Gasteiger partial charge in [-0.1, -0.05) is 6.92 Å². The molecule has 1 fully saturated rings. The van der Waals surface area contributed by atoms with Gasteiger partial charge in [0.05, 0.1) is 6.04 Å². The predicted molar refractivity (Wildman–Crippen MR) is 84.5 cm³/mol. The second-order valence-electron chi connectivity index (χ2n) is 6.30. The molecular weight excluding hydrogens is 304 g/mol. The summed E-state index contributed by atoms with van der Waals surface area (Å²) < 4.78 is 28.5. The van der Waals surface area contributed by atoms with E-state index in [1.54, 1.807) is 0 Å². The first-order valence-corrected chi connectivity index (χ1v) is 7.63. The van der Waals surface area contributed by atoms with E-state index in [0.717, 1.165) is 19.5 Å². The number of halogens is 2. The van der Waals surface area contributed by atoms with E-state index in [1.807, 2.05) is 6.92 Å². The summed E-state index contributed by atoms with van der Waals surface area (Å²) in [6.45, 7) is 3.35. The number of amides is 1. The molecule has 0 saturated carbocycles. The molecule has 0 bridgehead atoms. The van der Waals surface area contributed by atoms with Gasteiger partial charge in [0.15, 0.2) is 0 Å². The third kappa shape index (κ3) is 4.62. The highest BCUT2D eigenvalue weighted by molar-refractivity contribution is 5.94. The van der Waals surface area contributed by atoms with Crippen LogP contribution in [-0.2, 0) is 4.79 Å². The summed E-state index contributed by atoms with van der Waals surface area (Å²) in [5.74, 6) is -0.0712. The minimum Gasteiger partial charge on any atom is -0.435 e. The van der Waals surface area contributed by atoms with E-state index in [0.29, 0.717) is 12.2 Å². The van der Waals surface area contributed by atoms with Crippen molar-refractivity contribution in [2.24, 2.45) is 11.1 Å². The lowest BCUT2D eigenvalue weighted by atomic mass is 9.90. The summed E-state index contributed by atoms with van der Waals surface area (Å²) in [6, 6.07) is 5.59. The average molecular weight is 327 g/mol. The molecular formula is C16H23F2N3O2. The van der Waals surface area contributed by atoms with Crippen molar-refractivity contribution >= 4 is 11.6 Å². The summed E-state index contributed by atoms with van der Waals surface area (Å²) in [5.41, 5.74) is 6.39. The lowest BCUT2D eigenvalue weighted by Gasteiger charge is -2.26. The number of nitrogens with one attached hydrogen (secondary N) is 1. The van der Waals surface area contributed by atoms with Gasteiger partial charge in [0.1, 0.15) is 5.75 Å². The first kappa shape index (κ1) is 17.6. The Labute approximate surface area is 134 Å². The Morgan fingerprint density at radius 3 is 2.61 bits per heavy atom. The topological polar surface area (TPSA) is 67.6 Å². The van der Waals surface area contributed by atoms with Gasteiger partial charge >= 0.3 is 6.61 Å². The zero-order valence-corrected chi connectivity index (χ0v) is 13.4. The van der Waals surface area contributed by atoms with E-state index in [9.17, 15) is 13.6 Å². The van der Waals surface area contributed by atoms with Crippen LogP contribution in [0.25, 0.3) is 0 Å². The molecule has 1 aromatic carbocycles. The van der Waals surface area contributed by atoms with Crippen LogP contribution in [0, 0.1) is 5.41 Å². The molecule has 2 atom stereocenters.